The standard InChI is InChI=1S/C12H7ClN4O2/c13-9-4-2-1-3-7(9)10-5-11(16-17-14)8(6-15-10)12(18)19/h1-6H,(H,18,19). The molecule has 0 unspecified atom stereocenters. The summed E-state index contributed by atoms with van der Waals surface area (Å²) in [5.74, 6) is -1.21. The summed E-state index contributed by atoms with van der Waals surface area (Å²) in [5.41, 5.74) is 9.38. The fourth-order valence-corrected chi connectivity index (χ4v) is 1.79. The highest BCUT2D eigenvalue weighted by atomic mass is 35.5. The number of nitrogens with zero attached hydrogens (tertiary/aromatic N) is 4. The molecule has 19 heavy (non-hydrogen) atoms. The number of halogens is 1. The van der Waals surface area contributed by atoms with Crippen LogP contribution in [-0.2, 0) is 0 Å². The molecule has 1 heterocycles. The number of carbonyl (C=O) groups is 1. The van der Waals surface area contributed by atoms with E-state index in [0.717, 1.165) is 6.20 Å². The molecule has 0 saturated carbocycles. The summed E-state index contributed by atoms with van der Waals surface area (Å²) in [6, 6.07) is 8.37. The SMILES string of the molecule is [N-]=[N+]=Nc1cc(-c2ccccc2Cl)ncc1C(=O)O. The van der Waals surface area contributed by atoms with Crippen LogP contribution in [0.1, 0.15) is 10.4 Å². The molecule has 0 aliphatic heterocycles. The van der Waals surface area contributed by atoms with E-state index in [9.17, 15) is 4.79 Å². The van der Waals surface area contributed by atoms with Gasteiger partial charge in [-0.15, -0.1) is 0 Å². The molecule has 0 spiro atoms. The van der Waals surface area contributed by atoms with Crippen LogP contribution in [0.25, 0.3) is 21.7 Å². The Morgan fingerprint density at radius 3 is 2.79 bits per heavy atom. The third-order valence-electron chi connectivity index (χ3n) is 2.41. The molecule has 0 saturated heterocycles. The highest BCUT2D eigenvalue weighted by Gasteiger charge is 2.12. The van der Waals surface area contributed by atoms with Crippen LogP contribution < -0.4 is 0 Å². The minimum absolute atomic E-state index is 0.0000743. The second kappa shape index (κ2) is 5.39. The zero-order valence-electron chi connectivity index (χ0n) is 9.49. The lowest BCUT2D eigenvalue weighted by Gasteiger charge is -2.06. The first-order chi connectivity index (χ1) is 9.13. The first-order valence-electron chi connectivity index (χ1n) is 5.17. The zero-order chi connectivity index (χ0) is 13.8. The van der Waals surface area contributed by atoms with Gasteiger partial charge in [0.25, 0.3) is 0 Å². The van der Waals surface area contributed by atoms with Crippen molar-refractivity contribution in [1.29, 1.82) is 0 Å². The summed E-state index contributed by atoms with van der Waals surface area (Å²) in [5, 5.41) is 12.8. The monoisotopic (exact) mass is 274 g/mol. The molecule has 2 aromatic rings. The number of aromatic carboxylic acids is 1. The topological polar surface area (TPSA) is 99.0 Å². The van der Waals surface area contributed by atoms with Gasteiger partial charge in [-0.25, -0.2) is 4.79 Å². The third-order valence-corrected chi connectivity index (χ3v) is 2.74. The summed E-state index contributed by atoms with van der Waals surface area (Å²) >= 11 is 6.03. The number of aromatic nitrogens is 1. The number of hydrogen-bond donors (Lipinski definition) is 1. The van der Waals surface area contributed by atoms with Gasteiger partial charge in [-0.2, -0.15) is 0 Å². The van der Waals surface area contributed by atoms with E-state index in [1.165, 1.54) is 6.07 Å². The van der Waals surface area contributed by atoms with Crippen molar-refractivity contribution >= 4 is 23.3 Å². The lowest BCUT2D eigenvalue weighted by atomic mass is 10.1. The lowest BCUT2D eigenvalue weighted by molar-refractivity contribution is 0.0697. The number of azide groups is 1. The van der Waals surface area contributed by atoms with Crippen molar-refractivity contribution in [2.24, 2.45) is 5.11 Å². The highest BCUT2D eigenvalue weighted by Crippen LogP contribution is 2.30. The molecular formula is C12H7ClN4O2. The van der Waals surface area contributed by atoms with Gasteiger partial charge in [-0.05, 0) is 17.7 Å². The van der Waals surface area contributed by atoms with Gasteiger partial charge >= 0.3 is 5.97 Å². The molecular weight excluding hydrogens is 268 g/mol. The number of pyridine rings is 1. The second-order valence-corrected chi connectivity index (χ2v) is 3.97. The van der Waals surface area contributed by atoms with E-state index < -0.39 is 5.97 Å². The van der Waals surface area contributed by atoms with E-state index in [1.54, 1.807) is 24.3 Å². The lowest BCUT2D eigenvalue weighted by Crippen LogP contribution is -1.98. The average molecular weight is 275 g/mol. The van der Waals surface area contributed by atoms with Crippen LogP contribution in [0.2, 0.25) is 5.02 Å². The van der Waals surface area contributed by atoms with Gasteiger partial charge in [0.1, 0.15) is 0 Å². The first-order valence-corrected chi connectivity index (χ1v) is 5.54. The minimum Gasteiger partial charge on any atom is -0.478 e. The zero-order valence-corrected chi connectivity index (χ0v) is 10.2. The van der Waals surface area contributed by atoms with E-state index >= 15 is 0 Å². The number of hydrogen-bond acceptors (Lipinski definition) is 3. The maximum Gasteiger partial charge on any atom is 0.337 e. The minimum atomic E-state index is -1.21. The number of carboxylic acid groups (broad SMARTS) is 1. The number of carboxylic acids is 1. The van der Waals surface area contributed by atoms with Gasteiger partial charge in [0, 0.05) is 21.7 Å². The number of rotatable bonds is 3. The molecule has 1 aromatic heterocycles. The fraction of sp³-hybridized carbons (Fsp3) is 0. The highest BCUT2D eigenvalue weighted by molar-refractivity contribution is 6.33. The van der Waals surface area contributed by atoms with Crippen molar-refractivity contribution in [2.75, 3.05) is 0 Å². The maximum absolute atomic E-state index is 11.0. The van der Waals surface area contributed by atoms with E-state index in [-0.39, 0.29) is 11.3 Å². The Labute approximate surface area is 112 Å². The number of benzene rings is 1. The summed E-state index contributed by atoms with van der Waals surface area (Å²) in [6.45, 7) is 0. The molecule has 1 aromatic carbocycles. The maximum atomic E-state index is 11.0. The van der Waals surface area contributed by atoms with Gasteiger partial charge < -0.3 is 5.11 Å². The summed E-state index contributed by atoms with van der Waals surface area (Å²) in [4.78, 5) is 17.6. The Morgan fingerprint density at radius 2 is 2.16 bits per heavy atom. The molecule has 0 aliphatic rings. The molecule has 94 valence electrons. The smallest absolute Gasteiger partial charge is 0.337 e. The Balaban J connectivity index is 2.62. The molecule has 7 heteroatoms. The predicted molar refractivity (Wildman–Crippen MR) is 70.4 cm³/mol. The fourth-order valence-electron chi connectivity index (χ4n) is 1.56. The Hall–Kier alpha value is -2.56. The molecule has 0 amide bonds. The van der Waals surface area contributed by atoms with Gasteiger partial charge in [-0.3, -0.25) is 4.98 Å². The van der Waals surface area contributed by atoms with Gasteiger partial charge in [0.05, 0.1) is 16.9 Å². The van der Waals surface area contributed by atoms with E-state index in [1.807, 2.05) is 0 Å². The quantitative estimate of drug-likeness (QED) is 0.519. The van der Waals surface area contributed by atoms with Crippen LogP contribution in [0, 0.1) is 0 Å². The molecule has 0 aliphatic carbocycles. The Morgan fingerprint density at radius 1 is 1.42 bits per heavy atom. The Kier molecular flexibility index (Phi) is 3.66. The third kappa shape index (κ3) is 2.65. The van der Waals surface area contributed by atoms with Crippen LogP contribution in [0.3, 0.4) is 0 Å². The Bertz CT molecular complexity index is 696. The van der Waals surface area contributed by atoms with E-state index in [0.29, 0.717) is 16.3 Å². The second-order valence-electron chi connectivity index (χ2n) is 3.56. The summed E-state index contributed by atoms with van der Waals surface area (Å²) in [6.07, 6.45) is 1.14. The molecule has 2 rings (SSSR count). The van der Waals surface area contributed by atoms with Crippen LogP contribution in [0.5, 0.6) is 0 Å². The van der Waals surface area contributed by atoms with Gasteiger partial charge in [0.15, 0.2) is 0 Å². The van der Waals surface area contributed by atoms with E-state index in [2.05, 4.69) is 15.0 Å². The summed E-state index contributed by atoms with van der Waals surface area (Å²) in [7, 11) is 0. The van der Waals surface area contributed by atoms with Crippen molar-refractivity contribution in [1.82, 2.24) is 4.98 Å². The van der Waals surface area contributed by atoms with Crippen molar-refractivity contribution in [3.8, 4) is 11.3 Å². The van der Waals surface area contributed by atoms with Crippen molar-refractivity contribution in [3.05, 3.63) is 57.6 Å². The van der Waals surface area contributed by atoms with Crippen molar-refractivity contribution in [3.63, 3.8) is 0 Å². The molecule has 0 bridgehead atoms. The normalized spacial score (nSPS) is 9.74. The van der Waals surface area contributed by atoms with Crippen molar-refractivity contribution < 1.29 is 9.90 Å². The van der Waals surface area contributed by atoms with Crippen LogP contribution >= 0.6 is 11.6 Å². The molecule has 6 nitrogen and oxygen atoms in total. The molecule has 0 radical (unpaired) electrons. The van der Waals surface area contributed by atoms with Crippen LogP contribution in [0.15, 0.2) is 41.6 Å². The largest absolute Gasteiger partial charge is 0.478 e. The predicted octanol–water partition coefficient (Wildman–Crippen LogP) is 4.04. The molecule has 0 fully saturated rings. The van der Waals surface area contributed by atoms with Crippen LogP contribution in [0.4, 0.5) is 5.69 Å². The van der Waals surface area contributed by atoms with Crippen molar-refractivity contribution in [2.45, 2.75) is 0 Å². The first kappa shape index (κ1) is 12.9. The van der Waals surface area contributed by atoms with Crippen LogP contribution in [-0.4, -0.2) is 16.1 Å². The van der Waals surface area contributed by atoms with E-state index in [4.69, 9.17) is 22.2 Å². The van der Waals surface area contributed by atoms with Gasteiger partial charge in [-0.1, -0.05) is 34.9 Å². The molecule has 1 N–H and O–H groups in total. The average Bonchev–Trinajstić information content (AvgIpc) is 2.39. The molecule has 0 atom stereocenters. The van der Waals surface area contributed by atoms with Gasteiger partial charge in [0.2, 0.25) is 0 Å². The summed E-state index contributed by atoms with van der Waals surface area (Å²) < 4.78 is 0.